The molecule has 0 fully saturated rings. The Kier molecular flexibility index (Phi) is 5.56. The molecular weight excluding hydrogens is 320 g/mol. The first-order chi connectivity index (χ1) is 9.61. The van der Waals surface area contributed by atoms with Crippen molar-refractivity contribution in [2.24, 2.45) is 5.73 Å². The van der Waals surface area contributed by atoms with Gasteiger partial charge in [-0.1, -0.05) is 17.7 Å². The molecule has 1 atom stereocenters. The van der Waals surface area contributed by atoms with Crippen molar-refractivity contribution in [3.8, 4) is 0 Å². The number of benzene rings is 1. The van der Waals surface area contributed by atoms with Crippen LogP contribution in [-0.4, -0.2) is 39.2 Å². The molecule has 1 rings (SSSR count). The number of carbonyl (C=O) groups is 2. The number of carbonyl (C=O) groups excluding carboxylic acids is 2. The minimum Gasteiger partial charge on any atom is -0.451 e. The maximum atomic E-state index is 11.8. The lowest BCUT2D eigenvalue weighted by atomic mass is 10.3. The van der Waals surface area contributed by atoms with Gasteiger partial charge < -0.3 is 10.5 Å². The van der Waals surface area contributed by atoms with E-state index < -0.39 is 34.5 Å². The number of halogens is 1. The zero-order valence-corrected chi connectivity index (χ0v) is 13.0. The number of ether oxygens (including phenoxy) is 1. The van der Waals surface area contributed by atoms with E-state index in [1.165, 1.54) is 19.1 Å². The van der Waals surface area contributed by atoms with Crippen LogP contribution in [0.1, 0.15) is 6.92 Å². The standard InChI is InChI=1S/C12H15ClN2O5S/c1-8(12(14)17)20-11(16)7-15(21(2,18)19)10-5-3-4-9(13)6-10/h3-6,8H,7H2,1-2H3,(H2,14,17)/t8-/m1/s1. The molecule has 0 heterocycles. The van der Waals surface area contributed by atoms with Crippen LogP contribution < -0.4 is 10.0 Å². The minimum absolute atomic E-state index is 0.216. The number of primary amides is 1. The lowest BCUT2D eigenvalue weighted by Crippen LogP contribution is -2.39. The second-order valence-corrected chi connectivity index (χ2v) is 6.63. The van der Waals surface area contributed by atoms with Crippen molar-refractivity contribution in [1.82, 2.24) is 0 Å². The fourth-order valence-corrected chi connectivity index (χ4v) is 2.46. The second kappa shape index (κ2) is 6.77. The van der Waals surface area contributed by atoms with Crippen LogP contribution in [0.3, 0.4) is 0 Å². The van der Waals surface area contributed by atoms with Gasteiger partial charge in [0.15, 0.2) is 6.10 Å². The van der Waals surface area contributed by atoms with Crippen LogP contribution in [0.5, 0.6) is 0 Å². The normalized spacial score (nSPS) is 12.5. The molecule has 9 heteroatoms. The smallest absolute Gasteiger partial charge is 0.327 e. The van der Waals surface area contributed by atoms with Gasteiger partial charge in [-0.15, -0.1) is 0 Å². The van der Waals surface area contributed by atoms with Gasteiger partial charge in [0.25, 0.3) is 5.91 Å². The molecule has 7 nitrogen and oxygen atoms in total. The van der Waals surface area contributed by atoms with Gasteiger partial charge in [0.2, 0.25) is 10.0 Å². The van der Waals surface area contributed by atoms with Gasteiger partial charge in [0.05, 0.1) is 11.9 Å². The van der Waals surface area contributed by atoms with Crippen LogP contribution in [0.2, 0.25) is 5.02 Å². The van der Waals surface area contributed by atoms with Gasteiger partial charge in [-0.25, -0.2) is 8.42 Å². The number of sulfonamides is 1. The number of hydrogen-bond acceptors (Lipinski definition) is 5. The predicted octanol–water partition coefficient (Wildman–Crippen LogP) is 0.523. The quantitative estimate of drug-likeness (QED) is 0.763. The van der Waals surface area contributed by atoms with Crippen molar-refractivity contribution in [1.29, 1.82) is 0 Å². The van der Waals surface area contributed by atoms with Crippen LogP contribution >= 0.6 is 11.6 Å². The topological polar surface area (TPSA) is 107 Å². The zero-order chi connectivity index (χ0) is 16.2. The van der Waals surface area contributed by atoms with E-state index >= 15 is 0 Å². The van der Waals surface area contributed by atoms with Crippen molar-refractivity contribution >= 4 is 39.2 Å². The van der Waals surface area contributed by atoms with Gasteiger partial charge >= 0.3 is 5.97 Å². The molecule has 1 amide bonds. The van der Waals surface area contributed by atoms with Gasteiger partial charge in [-0.3, -0.25) is 13.9 Å². The minimum atomic E-state index is -3.73. The number of rotatable bonds is 6. The molecule has 0 aromatic heterocycles. The molecule has 0 aliphatic heterocycles. The highest BCUT2D eigenvalue weighted by molar-refractivity contribution is 7.92. The lowest BCUT2D eigenvalue weighted by Gasteiger charge is -2.22. The Labute approximate surface area is 127 Å². The van der Waals surface area contributed by atoms with E-state index in [0.29, 0.717) is 5.02 Å². The first-order valence-corrected chi connectivity index (χ1v) is 8.06. The second-order valence-electron chi connectivity index (χ2n) is 4.28. The largest absolute Gasteiger partial charge is 0.451 e. The Hall–Kier alpha value is -1.80. The Morgan fingerprint density at radius 2 is 2.05 bits per heavy atom. The summed E-state index contributed by atoms with van der Waals surface area (Å²) in [6.45, 7) is 0.710. The number of nitrogens with zero attached hydrogens (tertiary/aromatic N) is 1. The number of hydrogen-bond donors (Lipinski definition) is 1. The van der Waals surface area contributed by atoms with Gasteiger partial charge in [0, 0.05) is 5.02 Å². The molecule has 0 aliphatic carbocycles. The summed E-state index contributed by atoms with van der Waals surface area (Å²) in [4.78, 5) is 22.5. The first-order valence-electron chi connectivity index (χ1n) is 5.83. The van der Waals surface area contributed by atoms with Crippen LogP contribution in [0.25, 0.3) is 0 Å². The van der Waals surface area contributed by atoms with Crippen molar-refractivity contribution in [2.45, 2.75) is 13.0 Å². The molecule has 0 saturated heterocycles. The molecule has 21 heavy (non-hydrogen) atoms. The van der Waals surface area contributed by atoms with Crippen LogP contribution in [0.15, 0.2) is 24.3 Å². The molecule has 116 valence electrons. The van der Waals surface area contributed by atoms with Gasteiger partial charge in [-0.2, -0.15) is 0 Å². The van der Waals surface area contributed by atoms with E-state index in [4.69, 9.17) is 22.1 Å². The first kappa shape index (κ1) is 17.3. The zero-order valence-electron chi connectivity index (χ0n) is 11.4. The Morgan fingerprint density at radius 1 is 1.43 bits per heavy atom. The molecule has 0 bridgehead atoms. The summed E-state index contributed by atoms with van der Waals surface area (Å²) in [6.07, 6.45) is -0.197. The summed E-state index contributed by atoms with van der Waals surface area (Å²) in [5, 5.41) is 0.319. The SMILES string of the molecule is C[C@@H](OC(=O)CN(c1cccc(Cl)c1)S(C)(=O)=O)C(N)=O. The maximum Gasteiger partial charge on any atom is 0.327 e. The van der Waals surface area contributed by atoms with E-state index in [1.807, 2.05) is 0 Å². The molecule has 2 N–H and O–H groups in total. The summed E-state index contributed by atoms with van der Waals surface area (Å²) in [7, 11) is -3.73. The molecule has 0 unspecified atom stereocenters. The predicted molar refractivity (Wildman–Crippen MR) is 78.4 cm³/mol. The summed E-state index contributed by atoms with van der Waals surface area (Å²) in [6, 6.07) is 6.00. The monoisotopic (exact) mass is 334 g/mol. The van der Waals surface area contributed by atoms with E-state index in [2.05, 4.69) is 0 Å². The molecule has 0 spiro atoms. The number of anilines is 1. The molecular formula is C12H15ClN2O5S. The van der Waals surface area contributed by atoms with Crippen molar-refractivity contribution < 1.29 is 22.7 Å². The summed E-state index contributed by atoms with van der Waals surface area (Å²) in [5.74, 6) is -1.72. The molecule has 0 radical (unpaired) electrons. The Balaban J connectivity index is 2.96. The van der Waals surface area contributed by atoms with E-state index in [1.54, 1.807) is 12.1 Å². The Bertz CT molecular complexity index is 647. The molecule has 0 aliphatic rings. The Morgan fingerprint density at radius 3 is 2.52 bits per heavy atom. The highest BCUT2D eigenvalue weighted by atomic mass is 35.5. The van der Waals surface area contributed by atoms with E-state index in [-0.39, 0.29) is 5.69 Å². The molecule has 0 saturated carbocycles. The third kappa shape index (κ3) is 5.24. The highest BCUT2D eigenvalue weighted by Gasteiger charge is 2.24. The number of esters is 1. The van der Waals surface area contributed by atoms with Gasteiger partial charge in [0.1, 0.15) is 6.54 Å². The number of nitrogens with two attached hydrogens (primary N) is 1. The fraction of sp³-hybridized carbons (Fsp3) is 0.333. The van der Waals surface area contributed by atoms with Crippen LogP contribution in [0.4, 0.5) is 5.69 Å². The summed E-state index contributed by atoms with van der Waals surface area (Å²) < 4.78 is 29.1. The maximum absolute atomic E-state index is 11.8. The van der Waals surface area contributed by atoms with Gasteiger partial charge in [-0.05, 0) is 25.1 Å². The van der Waals surface area contributed by atoms with Crippen LogP contribution in [0, 0.1) is 0 Å². The lowest BCUT2D eigenvalue weighted by molar-refractivity contribution is -0.152. The summed E-state index contributed by atoms with van der Waals surface area (Å²) >= 11 is 5.80. The number of amides is 1. The van der Waals surface area contributed by atoms with Crippen LogP contribution in [-0.2, 0) is 24.3 Å². The average Bonchev–Trinajstić information content (AvgIpc) is 2.34. The average molecular weight is 335 g/mol. The van der Waals surface area contributed by atoms with Crippen molar-refractivity contribution in [3.63, 3.8) is 0 Å². The highest BCUT2D eigenvalue weighted by Crippen LogP contribution is 2.21. The molecule has 1 aromatic carbocycles. The van der Waals surface area contributed by atoms with E-state index in [9.17, 15) is 18.0 Å². The van der Waals surface area contributed by atoms with Crippen molar-refractivity contribution in [3.05, 3.63) is 29.3 Å². The third-order valence-corrected chi connectivity index (χ3v) is 3.85. The van der Waals surface area contributed by atoms with Crippen molar-refractivity contribution in [2.75, 3.05) is 17.1 Å². The fourth-order valence-electron chi connectivity index (χ4n) is 1.44. The molecule has 1 aromatic rings. The third-order valence-electron chi connectivity index (χ3n) is 2.48. The summed E-state index contributed by atoms with van der Waals surface area (Å²) in [5.41, 5.74) is 5.18. The van der Waals surface area contributed by atoms with E-state index in [0.717, 1.165) is 10.6 Å².